The molecule has 1 aromatic heterocycles. The topological polar surface area (TPSA) is 65.5 Å². The number of benzene rings is 1. The molecule has 1 aliphatic heterocycles. The summed E-state index contributed by atoms with van der Waals surface area (Å²) in [5.74, 6) is 0.857. The van der Waals surface area contributed by atoms with Crippen LogP contribution in [0, 0.1) is 0 Å². The molecule has 1 aromatic carbocycles. The fourth-order valence-corrected chi connectivity index (χ4v) is 2.89. The molecule has 1 fully saturated rings. The Labute approximate surface area is 142 Å². The molecule has 0 radical (unpaired) electrons. The molecule has 5 nitrogen and oxygen atoms in total. The first kappa shape index (κ1) is 16.5. The van der Waals surface area contributed by atoms with Gasteiger partial charge in [0.05, 0.1) is 12.2 Å². The summed E-state index contributed by atoms with van der Waals surface area (Å²) >= 11 is 0. The van der Waals surface area contributed by atoms with Gasteiger partial charge in [0.25, 0.3) is 5.91 Å². The zero-order chi connectivity index (χ0) is 16.8. The zero-order valence-electron chi connectivity index (χ0n) is 13.7. The van der Waals surface area contributed by atoms with Gasteiger partial charge in [-0.1, -0.05) is 24.3 Å². The Morgan fingerprint density at radius 1 is 1.08 bits per heavy atom. The fourth-order valence-electron chi connectivity index (χ4n) is 2.89. The smallest absolute Gasteiger partial charge is 0.252 e. The summed E-state index contributed by atoms with van der Waals surface area (Å²) in [7, 11) is 0. The van der Waals surface area contributed by atoms with E-state index in [2.05, 4.69) is 15.2 Å². The van der Waals surface area contributed by atoms with E-state index < -0.39 is 0 Å². The van der Waals surface area contributed by atoms with Crippen LogP contribution in [0.2, 0.25) is 0 Å². The number of nitrogens with one attached hydrogen (secondary N) is 1. The van der Waals surface area contributed by atoms with Crippen LogP contribution in [0.5, 0.6) is 0 Å². The largest absolute Gasteiger partial charge is 0.392 e. The third-order valence-corrected chi connectivity index (χ3v) is 4.34. The van der Waals surface area contributed by atoms with E-state index in [4.69, 9.17) is 5.11 Å². The summed E-state index contributed by atoms with van der Waals surface area (Å²) in [5, 5.41) is 11.9. The van der Waals surface area contributed by atoms with Crippen LogP contribution < -0.4 is 10.2 Å². The highest BCUT2D eigenvalue weighted by Crippen LogP contribution is 2.17. The van der Waals surface area contributed by atoms with E-state index in [-0.39, 0.29) is 12.5 Å². The summed E-state index contributed by atoms with van der Waals surface area (Å²) in [4.78, 5) is 18.8. The fraction of sp³-hybridized carbons (Fsp3) is 0.368. The van der Waals surface area contributed by atoms with E-state index in [9.17, 15) is 4.79 Å². The average Bonchev–Trinajstić information content (AvgIpc) is 3.17. The van der Waals surface area contributed by atoms with E-state index in [1.807, 2.05) is 36.4 Å². The van der Waals surface area contributed by atoms with E-state index in [0.29, 0.717) is 12.1 Å². The van der Waals surface area contributed by atoms with E-state index in [1.165, 1.54) is 12.8 Å². The Kier molecular flexibility index (Phi) is 5.43. The van der Waals surface area contributed by atoms with Gasteiger partial charge in [-0.05, 0) is 42.5 Å². The highest BCUT2D eigenvalue weighted by Gasteiger charge is 2.14. The highest BCUT2D eigenvalue weighted by molar-refractivity contribution is 5.94. The number of anilines is 1. The van der Waals surface area contributed by atoms with Crippen molar-refractivity contribution in [3.63, 3.8) is 0 Å². The maximum atomic E-state index is 12.2. The molecule has 1 amide bonds. The summed E-state index contributed by atoms with van der Waals surface area (Å²) in [6.45, 7) is 2.73. The molecular weight excluding hydrogens is 302 g/mol. The number of carbonyl (C=O) groups is 1. The lowest BCUT2D eigenvalue weighted by Crippen LogP contribution is -2.26. The quantitative estimate of drug-likeness (QED) is 0.854. The van der Waals surface area contributed by atoms with Crippen molar-refractivity contribution < 1.29 is 9.90 Å². The second kappa shape index (κ2) is 7.93. The van der Waals surface area contributed by atoms with Crippen LogP contribution in [0.1, 0.15) is 34.3 Å². The maximum absolute atomic E-state index is 12.2. The lowest BCUT2D eigenvalue weighted by molar-refractivity contribution is 0.0954. The van der Waals surface area contributed by atoms with Crippen LogP contribution in [-0.2, 0) is 13.0 Å². The number of aliphatic hydroxyl groups excluding tert-OH is 1. The van der Waals surface area contributed by atoms with E-state index >= 15 is 0 Å². The molecule has 24 heavy (non-hydrogen) atoms. The molecule has 0 bridgehead atoms. The Balaban J connectivity index is 1.49. The molecule has 2 aromatic rings. The summed E-state index contributed by atoms with van der Waals surface area (Å²) in [6.07, 6.45) is 4.84. The van der Waals surface area contributed by atoms with Gasteiger partial charge in [0.1, 0.15) is 5.82 Å². The molecule has 0 atom stereocenters. The number of nitrogens with zero attached hydrogens (tertiary/aromatic N) is 2. The second-order valence-corrected chi connectivity index (χ2v) is 6.08. The van der Waals surface area contributed by atoms with Gasteiger partial charge in [0, 0.05) is 25.8 Å². The van der Waals surface area contributed by atoms with Crippen molar-refractivity contribution in [1.29, 1.82) is 0 Å². The van der Waals surface area contributed by atoms with E-state index in [0.717, 1.165) is 36.5 Å². The minimum Gasteiger partial charge on any atom is -0.392 e. The number of amides is 1. The van der Waals surface area contributed by atoms with Crippen molar-refractivity contribution >= 4 is 11.7 Å². The molecule has 126 valence electrons. The van der Waals surface area contributed by atoms with Crippen LogP contribution in [0.4, 0.5) is 5.82 Å². The lowest BCUT2D eigenvalue weighted by Gasteiger charge is -2.16. The predicted octanol–water partition coefficient (Wildman–Crippen LogP) is 2.15. The van der Waals surface area contributed by atoms with Crippen molar-refractivity contribution in [3.8, 4) is 0 Å². The first-order valence-electron chi connectivity index (χ1n) is 8.44. The molecule has 0 spiro atoms. The number of hydrogen-bond donors (Lipinski definition) is 2. The standard InChI is InChI=1S/C19H23N3O2/c23-14-16-5-3-15(4-6-16)9-10-20-19(24)17-7-8-18(21-13-17)22-11-1-2-12-22/h3-8,13,23H,1-2,9-12,14H2,(H,20,24). The molecule has 0 unspecified atom stereocenters. The van der Waals surface area contributed by atoms with Crippen molar-refractivity contribution in [3.05, 3.63) is 59.3 Å². The van der Waals surface area contributed by atoms with Gasteiger partial charge in [-0.15, -0.1) is 0 Å². The number of aliphatic hydroxyl groups is 1. The van der Waals surface area contributed by atoms with Gasteiger partial charge < -0.3 is 15.3 Å². The van der Waals surface area contributed by atoms with Crippen molar-refractivity contribution in [2.75, 3.05) is 24.5 Å². The van der Waals surface area contributed by atoms with Crippen LogP contribution in [0.25, 0.3) is 0 Å². The molecule has 3 rings (SSSR count). The van der Waals surface area contributed by atoms with Gasteiger partial charge in [-0.25, -0.2) is 4.98 Å². The Hall–Kier alpha value is -2.40. The Morgan fingerprint density at radius 3 is 2.42 bits per heavy atom. The van der Waals surface area contributed by atoms with Gasteiger partial charge in [0.2, 0.25) is 0 Å². The normalized spacial score (nSPS) is 14.0. The molecule has 1 aliphatic rings. The van der Waals surface area contributed by atoms with Gasteiger partial charge in [0.15, 0.2) is 0 Å². The number of rotatable bonds is 6. The Morgan fingerprint density at radius 2 is 1.79 bits per heavy atom. The number of pyridine rings is 1. The monoisotopic (exact) mass is 325 g/mol. The molecule has 2 N–H and O–H groups in total. The molecule has 0 aliphatic carbocycles. The second-order valence-electron chi connectivity index (χ2n) is 6.08. The highest BCUT2D eigenvalue weighted by atomic mass is 16.3. The van der Waals surface area contributed by atoms with Crippen LogP contribution in [-0.4, -0.2) is 35.6 Å². The predicted molar refractivity (Wildman–Crippen MR) is 94.1 cm³/mol. The molecule has 5 heteroatoms. The summed E-state index contributed by atoms with van der Waals surface area (Å²) in [6, 6.07) is 11.5. The minimum atomic E-state index is -0.0950. The Bertz CT molecular complexity index is 662. The van der Waals surface area contributed by atoms with Crippen molar-refractivity contribution in [1.82, 2.24) is 10.3 Å². The first-order chi connectivity index (χ1) is 11.8. The third kappa shape index (κ3) is 4.11. The molecular formula is C19H23N3O2. The van der Waals surface area contributed by atoms with Gasteiger partial charge in [-0.2, -0.15) is 0 Å². The molecule has 0 saturated carbocycles. The van der Waals surface area contributed by atoms with Crippen LogP contribution >= 0.6 is 0 Å². The first-order valence-corrected chi connectivity index (χ1v) is 8.44. The average molecular weight is 325 g/mol. The van der Waals surface area contributed by atoms with Crippen LogP contribution in [0.3, 0.4) is 0 Å². The van der Waals surface area contributed by atoms with Gasteiger partial charge >= 0.3 is 0 Å². The van der Waals surface area contributed by atoms with Crippen molar-refractivity contribution in [2.45, 2.75) is 25.9 Å². The number of hydrogen-bond acceptors (Lipinski definition) is 4. The van der Waals surface area contributed by atoms with Crippen molar-refractivity contribution in [2.24, 2.45) is 0 Å². The van der Waals surface area contributed by atoms with Gasteiger partial charge in [-0.3, -0.25) is 4.79 Å². The SMILES string of the molecule is O=C(NCCc1ccc(CO)cc1)c1ccc(N2CCCC2)nc1. The minimum absolute atomic E-state index is 0.0530. The maximum Gasteiger partial charge on any atom is 0.252 e. The third-order valence-electron chi connectivity index (χ3n) is 4.34. The number of carbonyl (C=O) groups excluding carboxylic acids is 1. The molecule has 2 heterocycles. The molecule has 1 saturated heterocycles. The number of aromatic nitrogens is 1. The van der Waals surface area contributed by atoms with E-state index in [1.54, 1.807) is 6.20 Å². The summed E-state index contributed by atoms with van der Waals surface area (Å²) in [5.41, 5.74) is 2.62. The zero-order valence-corrected chi connectivity index (χ0v) is 13.7. The van der Waals surface area contributed by atoms with Crippen LogP contribution in [0.15, 0.2) is 42.6 Å². The lowest BCUT2D eigenvalue weighted by atomic mass is 10.1. The summed E-state index contributed by atoms with van der Waals surface area (Å²) < 4.78 is 0.